The molecule has 1 fully saturated rings. The number of nitrogens with two attached hydrogens (primary N) is 1. The van der Waals surface area contributed by atoms with E-state index in [0.29, 0.717) is 19.0 Å². The summed E-state index contributed by atoms with van der Waals surface area (Å²) in [5.74, 6) is 0.185. The average molecular weight is 329 g/mol. The Morgan fingerprint density at radius 1 is 1.55 bits per heavy atom. The third-order valence-electron chi connectivity index (χ3n) is 3.78. The van der Waals surface area contributed by atoms with E-state index in [1.807, 2.05) is 7.05 Å². The van der Waals surface area contributed by atoms with Crippen LogP contribution in [0.2, 0.25) is 0 Å². The number of nitrogen functional groups attached to an aromatic ring is 1. The van der Waals surface area contributed by atoms with Crippen molar-refractivity contribution in [1.29, 1.82) is 0 Å². The number of nitro benzene ring substituents is 1. The zero-order valence-electron chi connectivity index (χ0n) is 12.4. The fourth-order valence-electron chi connectivity index (χ4n) is 2.72. The number of hydrogen-bond donors (Lipinski definition) is 2. The molecule has 1 aromatic rings. The molecule has 1 saturated heterocycles. The van der Waals surface area contributed by atoms with E-state index in [0.717, 1.165) is 19.4 Å². The Hall–Kier alpha value is -1.86. The molecule has 0 radical (unpaired) electrons. The predicted octanol–water partition coefficient (Wildman–Crippen LogP) is 1.67. The number of halogens is 1. The second kappa shape index (κ2) is 7.95. The normalized spacial score (nSPS) is 17.7. The maximum absolute atomic E-state index is 12.5. The third kappa shape index (κ3) is 4.08. The van der Waals surface area contributed by atoms with Gasteiger partial charge in [-0.15, -0.1) is 12.4 Å². The molecule has 1 heterocycles. The Balaban J connectivity index is 0.00000242. The molecular formula is C14H21ClN4O3. The Morgan fingerprint density at radius 3 is 2.91 bits per heavy atom. The molecule has 0 aromatic heterocycles. The number of carbonyl (C=O) groups is 1. The van der Waals surface area contributed by atoms with Crippen LogP contribution in [0.25, 0.3) is 0 Å². The molecule has 1 unspecified atom stereocenters. The highest BCUT2D eigenvalue weighted by Crippen LogP contribution is 2.24. The van der Waals surface area contributed by atoms with Crippen molar-refractivity contribution in [2.75, 3.05) is 32.4 Å². The number of carbonyl (C=O) groups excluding carboxylic acids is 1. The first-order chi connectivity index (χ1) is 10.0. The number of amides is 1. The Bertz CT molecular complexity index is 551. The van der Waals surface area contributed by atoms with Crippen LogP contribution >= 0.6 is 12.4 Å². The van der Waals surface area contributed by atoms with E-state index in [2.05, 4.69) is 5.32 Å². The number of nitrogens with one attached hydrogen (secondary N) is 1. The first-order valence-corrected chi connectivity index (χ1v) is 7.00. The summed E-state index contributed by atoms with van der Waals surface area (Å²) < 4.78 is 0. The van der Waals surface area contributed by atoms with Crippen molar-refractivity contribution in [1.82, 2.24) is 10.2 Å². The van der Waals surface area contributed by atoms with Gasteiger partial charge in [0.25, 0.3) is 11.6 Å². The Labute approximate surface area is 135 Å². The molecule has 1 atom stereocenters. The summed E-state index contributed by atoms with van der Waals surface area (Å²) in [5, 5.41) is 14.0. The first-order valence-electron chi connectivity index (χ1n) is 7.00. The van der Waals surface area contributed by atoms with Crippen molar-refractivity contribution in [2.24, 2.45) is 5.92 Å². The van der Waals surface area contributed by atoms with Crippen LogP contribution in [0.1, 0.15) is 23.2 Å². The lowest BCUT2D eigenvalue weighted by molar-refractivity contribution is -0.384. The van der Waals surface area contributed by atoms with Gasteiger partial charge in [-0.25, -0.2) is 0 Å². The first kappa shape index (κ1) is 18.2. The van der Waals surface area contributed by atoms with Crippen molar-refractivity contribution < 1.29 is 9.72 Å². The van der Waals surface area contributed by atoms with E-state index in [1.54, 1.807) is 4.90 Å². The molecule has 8 heteroatoms. The summed E-state index contributed by atoms with van der Waals surface area (Å²) in [7, 11) is 1.89. The van der Waals surface area contributed by atoms with Gasteiger partial charge in [0, 0.05) is 30.9 Å². The zero-order valence-corrected chi connectivity index (χ0v) is 13.3. The highest BCUT2D eigenvalue weighted by Gasteiger charge is 2.26. The predicted molar refractivity (Wildman–Crippen MR) is 87.3 cm³/mol. The molecule has 7 nitrogen and oxygen atoms in total. The number of rotatable bonds is 4. The number of anilines is 1. The van der Waals surface area contributed by atoms with Gasteiger partial charge in [-0.2, -0.15) is 0 Å². The number of likely N-dealkylation sites (tertiary alicyclic amines) is 1. The van der Waals surface area contributed by atoms with Crippen molar-refractivity contribution >= 4 is 29.7 Å². The van der Waals surface area contributed by atoms with E-state index >= 15 is 0 Å². The van der Waals surface area contributed by atoms with Gasteiger partial charge >= 0.3 is 0 Å². The maximum Gasteiger partial charge on any atom is 0.270 e. The van der Waals surface area contributed by atoms with Gasteiger partial charge in [0.15, 0.2) is 0 Å². The van der Waals surface area contributed by atoms with Crippen molar-refractivity contribution in [3.8, 4) is 0 Å². The summed E-state index contributed by atoms with van der Waals surface area (Å²) in [6, 6.07) is 3.99. The van der Waals surface area contributed by atoms with Crippen molar-refractivity contribution in [3.63, 3.8) is 0 Å². The van der Waals surface area contributed by atoms with Gasteiger partial charge in [-0.1, -0.05) is 0 Å². The second-order valence-corrected chi connectivity index (χ2v) is 5.35. The van der Waals surface area contributed by atoms with Gasteiger partial charge in [0.1, 0.15) is 0 Å². The minimum Gasteiger partial charge on any atom is -0.398 e. The van der Waals surface area contributed by atoms with E-state index in [4.69, 9.17) is 5.73 Å². The van der Waals surface area contributed by atoms with Crippen LogP contribution in [-0.4, -0.2) is 42.4 Å². The van der Waals surface area contributed by atoms with Gasteiger partial charge in [0.05, 0.1) is 10.5 Å². The van der Waals surface area contributed by atoms with E-state index in [9.17, 15) is 14.9 Å². The Kier molecular flexibility index (Phi) is 6.58. The van der Waals surface area contributed by atoms with Gasteiger partial charge in [0.2, 0.25) is 0 Å². The lowest BCUT2D eigenvalue weighted by Crippen LogP contribution is -2.42. The fraction of sp³-hybridized carbons (Fsp3) is 0.500. The van der Waals surface area contributed by atoms with Crippen molar-refractivity contribution in [3.05, 3.63) is 33.9 Å². The number of benzene rings is 1. The molecule has 1 aliphatic heterocycles. The highest BCUT2D eigenvalue weighted by molar-refractivity contribution is 5.99. The highest BCUT2D eigenvalue weighted by atomic mass is 35.5. The summed E-state index contributed by atoms with van der Waals surface area (Å²) in [4.78, 5) is 24.6. The maximum atomic E-state index is 12.5. The van der Waals surface area contributed by atoms with Crippen LogP contribution in [0.5, 0.6) is 0 Å². The monoisotopic (exact) mass is 328 g/mol. The zero-order chi connectivity index (χ0) is 15.4. The molecule has 1 amide bonds. The molecule has 3 N–H and O–H groups in total. The number of non-ortho nitro benzene ring substituents is 1. The standard InChI is InChI=1S/C14H20N4O3.ClH/c1-16-8-10-3-2-6-17(9-10)14(19)12-7-11(18(20)21)4-5-13(12)15;/h4-5,7,10,16H,2-3,6,8-9,15H2,1H3;1H. The molecule has 22 heavy (non-hydrogen) atoms. The topological polar surface area (TPSA) is 102 Å². The van der Waals surface area contributed by atoms with E-state index in [-0.39, 0.29) is 35.3 Å². The number of nitro groups is 1. The van der Waals surface area contributed by atoms with E-state index < -0.39 is 4.92 Å². The lowest BCUT2D eigenvalue weighted by atomic mass is 9.97. The van der Waals surface area contributed by atoms with E-state index in [1.165, 1.54) is 18.2 Å². The molecule has 122 valence electrons. The average Bonchev–Trinajstić information content (AvgIpc) is 2.47. The molecular weight excluding hydrogens is 308 g/mol. The quantitative estimate of drug-likeness (QED) is 0.497. The second-order valence-electron chi connectivity index (χ2n) is 5.35. The summed E-state index contributed by atoms with van der Waals surface area (Å²) in [6.07, 6.45) is 2.02. The van der Waals surface area contributed by atoms with Gasteiger partial charge in [-0.05, 0) is 38.4 Å². The van der Waals surface area contributed by atoms with Crippen LogP contribution < -0.4 is 11.1 Å². The summed E-state index contributed by atoms with van der Waals surface area (Å²) in [6.45, 7) is 2.18. The minimum absolute atomic E-state index is 0. The molecule has 1 aliphatic rings. The molecule has 0 saturated carbocycles. The van der Waals surface area contributed by atoms with Crippen LogP contribution in [0.3, 0.4) is 0 Å². The fourth-order valence-corrected chi connectivity index (χ4v) is 2.72. The molecule has 1 aromatic carbocycles. The van der Waals surface area contributed by atoms with Crippen LogP contribution in [-0.2, 0) is 0 Å². The molecule has 0 aliphatic carbocycles. The van der Waals surface area contributed by atoms with Crippen LogP contribution in [0, 0.1) is 16.0 Å². The molecule has 0 spiro atoms. The Morgan fingerprint density at radius 2 is 2.27 bits per heavy atom. The van der Waals surface area contributed by atoms with Gasteiger partial charge in [-0.3, -0.25) is 14.9 Å². The SMILES string of the molecule is CNCC1CCCN(C(=O)c2cc([N+](=O)[O-])ccc2N)C1.Cl. The number of hydrogen-bond acceptors (Lipinski definition) is 5. The molecule has 2 rings (SSSR count). The minimum atomic E-state index is -0.518. The molecule has 0 bridgehead atoms. The lowest BCUT2D eigenvalue weighted by Gasteiger charge is -2.33. The van der Waals surface area contributed by atoms with Crippen molar-refractivity contribution in [2.45, 2.75) is 12.8 Å². The number of nitrogens with zero attached hydrogens (tertiary/aromatic N) is 2. The summed E-state index contributed by atoms with van der Waals surface area (Å²) >= 11 is 0. The van der Waals surface area contributed by atoms with Crippen LogP contribution in [0.15, 0.2) is 18.2 Å². The number of piperidine rings is 1. The largest absolute Gasteiger partial charge is 0.398 e. The van der Waals surface area contributed by atoms with Crippen LogP contribution in [0.4, 0.5) is 11.4 Å². The van der Waals surface area contributed by atoms with Gasteiger partial charge < -0.3 is 16.0 Å². The third-order valence-corrected chi connectivity index (χ3v) is 3.78. The summed E-state index contributed by atoms with van der Waals surface area (Å²) in [5.41, 5.74) is 6.19. The smallest absolute Gasteiger partial charge is 0.270 e.